The Morgan fingerprint density at radius 3 is 2.27 bits per heavy atom. The minimum atomic E-state index is -0.635. The maximum absolute atomic E-state index is 13.3. The molecule has 0 spiro atoms. The first-order chi connectivity index (χ1) is 12.7. The third-order valence-corrected chi connectivity index (χ3v) is 5.23. The second-order valence-electron chi connectivity index (χ2n) is 6.87. The average Bonchev–Trinajstić information content (AvgIpc) is 2.95. The second kappa shape index (κ2) is 6.75. The second-order valence-corrected chi connectivity index (χ2v) is 6.87. The third kappa shape index (κ3) is 3.01. The van der Waals surface area contributed by atoms with Crippen molar-refractivity contribution in [2.24, 2.45) is 0 Å². The molecule has 0 aliphatic carbocycles. The fraction of sp³-hybridized carbons (Fsp3) is 0.174. The van der Waals surface area contributed by atoms with Gasteiger partial charge in [0.2, 0.25) is 5.91 Å². The van der Waals surface area contributed by atoms with Crippen LogP contribution in [0.15, 0.2) is 78.9 Å². The van der Waals surface area contributed by atoms with Crippen LogP contribution in [0.25, 0.3) is 0 Å². The van der Waals surface area contributed by atoms with Crippen molar-refractivity contribution < 1.29 is 9.18 Å². The molecule has 1 amide bonds. The molecule has 26 heavy (non-hydrogen) atoms. The molecule has 0 aromatic heterocycles. The van der Waals surface area contributed by atoms with Gasteiger partial charge >= 0.3 is 0 Å². The van der Waals surface area contributed by atoms with Gasteiger partial charge in [0.05, 0.1) is 5.41 Å². The molecule has 1 atom stereocenters. The van der Waals surface area contributed by atoms with Crippen LogP contribution >= 0.6 is 0 Å². The van der Waals surface area contributed by atoms with E-state index in [1.807, 2.05) is 42.5 Å². The van der Waals surface area contributed by atoms with Crippen LogP contribution < -0.4 is 5.32 Å². The number of halogens is 1. The normalized spacial score (nSPS) is 18.4. The lowest BCUT2D eigenvalue weighted by Gasteiger charge is -2.28. The van der Waals surface area contributed by atoms with E-state index in [2.05, 4.69) is 17.4 Å². The molecule has 0 bridgehead atoms. The van der Waals surface area contributed by atoms with Crippen LogP contribution in [0.5, 0.6) is 0 Å². The van der Waals surface area contributed by atoms with Crippen molar-refractivity contribution in [3.63, 3.8) is 0 Å². The predicted octanol–water partition coefficient (Wildman–Crippen LogP) is 4.89. The van der Waals surface area contributed by atoms with Gasteiger partial charge in [-0.1, -0.05) is 60.7 Å². The zero-order valence-corrected chi connectivity index (χ0v) is 14.4. The lowest BCUT2D eigenvalue weighted by atomic mass is 9.72. The molecule has 3 aromatic rings. The smallest absolute Gasteiger partial charge is 0.235 e. The number of amides is 1. The molecule has 0 radical (unpaired) electrons. The minimum absolute atomic E-state index is 0.0268. The van der Waals surface area contributed by atoms with Crippen LogP contribution in [-0.4, -0.2) is 5.91 Å². The van der Waals surface area contributed by atoms with Crippen LogP contribution in [0.2, 0.25) is 0 Å². The van der Waals surface area contributed by atoms with Gasteiger partial charge in [-0.15, -0.1) is 0 Å². The van der Waals surface area contributed by atoms with Crippen molar-refractivity contribution in [2.75, 3.05) is 5.32 Å². The summed E-state index contributed by atoms with van der Waals surface area (Å²) >= 11 is 0. The average molecular weight is 345 g/mol. The summed E-state index contributed by atoms with van der Waals surface area (Å²) in [6.45, 7) is 0. The molecule has 1 aliphatic heterocycles. The maximum Gasteiger partial charge on any atom is 0.235 e. The zero-order valence-electron chi connectivity index (χ0n) is 14.4. The number of fused-ring (bicyclic) bond motifs is 1. The molecule has 0 fully saturated rings. The number of anilines is 1. The highest BCUT2D eigenvalue weighted by Gasteiger charge is 2.46. The number of carbonyl (C=O) groups is 1. The van der Waals surface area contributed by atoms with Gasteiger partial charge < -0.3 is 5.32 Å². The highest BCUT2D eigenvalue weighted by molar-refractivity contribution is 6.06. The van der Waals surface area contributed by atoms with E-state index in [-0.39, 0.29) is 11.7 Å². The Hall–Kier alpha value is -2.94. The molecule has 0 saturated carbocycles. The van der Waals surface area contributed by atoms with Crippen molar-refractivity contribution in [1.29, 1.82) is 0 Å². The fourth-order valence-corrected chi connectivity index (χ4v) is 3.84. The Kier molecular flexibility index (Phi) is 4.29. The van der Waals surface area contributed by atoms with Gasteiger partial charge in [0.25, 0.3) is 0 Å². The molecular formula is C23H20FNO. The van der Waals surface area contributed by atoms with Crippen LogP contribution in [0.4, 0.5) is 10.1 Å². The van der Waals surface area contributed by atoms with E-state index in [0.29, 0.717) is 12.8 Å². The molecule has 3 heteroatoms. The van der Waals surface area contributed by atoms with E-state index in [9.17, 15) is 9.18 Å². The van der Waals surface area contributed by atoms with Crippen molar-refractivity contribution >= 4 is 11.6 Å². The molecule has 3 aromatic carbocycles. The van der Waals surface area contributed by atoms with Gasteiger partial charge in [0, 0.05) is 5.69 Å². The van der Waals surface area contributed by atoms with Gasteiger partial charge in [-0.05, 0) is 54.2 Å². The summed E-state index contributed by atoms with van der Waals surface area (Å²) in [7, 11) is 0. The minimum Gasteiger partial charge on any atom is -0.325 e. The first-order valence-corrected chi connectivity index (χ1v) is 8.87. The first kappa shape index (κ1) is 16.5. The lowest BCUT2D eigenvalue weighted by molar-refractivity contribution is -0.121. The fourth-order valence-electron chi connectivity index (χ4n) is 3.84. The number of carbonyl (C=O) groups excluding carboxylic acids is 1. The first-order valence-electron chi connectivity index (χ1n) is 8.87. The Morgan fingerprint density at radius 2 is 1.50 bits per heavy atom. The number of aryl methyl sites for hydroxylation is 1. The Bertz CT molecular complexity index is 920. The van der Waals surface area contributed by atoms with Crippen molar-refractivity contribution in [2.45, 2.75) is 24.7 Å². The Labute approximate surface area is 152 Å². The van der Waals surface area contributed by atoms with Gasteiger partial charge in [0.1, 0.15) is 5.82 Å². The summed E-state index contributed by atoms with van der Waals surface area (Å²) in [5.74, 6) is -0.234. The third-order valence-electron chi connectivity index (χ3n) is 5.23. The number of rotatable bonds is 5. The highest BCUT2D eigenvalue weighted by Crippen LogP contribution is 2.43. The largest absolute Gasteiger partial charge is 0.325 e. The van der Waals surface area contributed by atoms with Crippen LogP contribution in [0.1, 0.15) is 23.1 Å². The summed E-state index contributed by atoms with van der Waals surface area (Å²) in [4.78, 5) is 13.1. The molecular weight excluding hydrogens is 325 g/mol. The topological polar surface area (TPSA) is 29.1 Å². The molecule has 1 N–H and O–H groups in total. The van der Waals surface area contributed by atoms with Crippen LogP contribution in [-0.2, 0) is 23.1 Å². The molecule has 0 unspecified atom stereocenters. The molecule has 0 saturated heterocycles. The zero-order chi connectivity index (χ0) is 18.0. The molecule has 130 valence electrons. The van der Waals surface area contributed by atoms with E-state index < -0.39 is 5.41 Å². The number of benzene rings is 3. The van der Waals surface area contributed by atoms with E-state index in [0.717, 1.165) is 23.2 Å². The molecule has 1 heterocycles. The standard InChI is InChI=1S/C23H20FNO/c24-19-12-10-18(11-13-19)16-23(15-14-17-6-2-1-3-7-17)20-8-4-5-9-21(20)25-22(23)26/h1-13H,14-16H2,(H,25,26)/t23-/m1/s1. The maximum atomic E-state index is 13.3. The molecule has 4 rings (SSSR count). The van der Waals surface area contributed by atoms with E-state index in [1.54, 1.807) is 12.1 Å². The van der Waals surface area contributed by atoms with E-state index >= 15 is 0 Å². The molecule has 1 aliphatic rings. The van der Waals surface area contributed by atoms with Crippen LogP contribution in [0, 0.1) is 5.82 Å². The van der Waals surface area contributed by atoms with E-state index in [1.165, 1.54) is 17.7 Å². The van der Waals surface area contributed by atoms with Gasteiger partial charge in [-0.2, -0.15) is 0 Å². The monoisotopic (exact) mass is 345 g/mol. The number of para-hydroxylation sites is 1. The predicted molar refractivity (Wildman–Crippen MR) is 102 cm³/mol. The van der Waals surface area contributed by atoms with Gasteiger partial charge in [-0.25, -0.2) is 4.39 Å². The van der Waals surface area contributed by atoms with Crippen LogP contribution in [0.3, 0.4) is 0 Å². The quantitative estimate of drug-likeness (QED) is 0.701. The summed E-state index contributed by atoms with van der Waals surface area (Å²) in [5.41, 5.74) is 3.46. The lowest BCUT2D eigenvalue weighted by Crippen LogP contribution is -2.37. The SMILES string of the molecule is O=C1Nc2ccccc2[C@@]1(CCc1ccccc1)Cc1ccc(F)cc1. The summed E-state index contributed by atoms with van der Waals surface area (Å²) < 4.78 is 13.3. The highest BCUT2D eigenvalue weighted by atomic mass is 19.1. The van der Waals surface area contributed by atoms with Crippen molar-refractivity contribution in [3.8, 4) is 0 Å². The number of hydrogen-bond acceptors (Lipinski definition) is 1. The van der Waals surface area contributed by atoms with E-state index in [4.69, 9.17) is 0 Å². The molecule has 2 nitrogen and oxygen atoms in total. The summed E-state index contributed by atoms with van der Waals surface area (Å²) in [5, 5.41) is 3.04. The number of nitrogens with one attached hydrogen (secondary N) is 1. The summed E-state index contributed by atoms with van der Waals surface area (Å²) in [6, 6.07) is 24.5. The Balaban J connectivity index is 1.71. The summed E-state index contributed by atoms with van der Waals surface area (Å²) in [6.07, 6.45) is 2.07. The Morgan fingerprint density at radius 1 is 0.808 bits per heavy atom. The van der Waals surface area contributed by atoms with Crippen molar-refractivity contribution in [1.82, 2.24) is 0 Å². The van der Waals surface area contributed by atoms with Crippen molar-refractivity contribution in [3.05, 3.63) is 101 Å². The van der Waals surface area contributed by atoms with Gasteiger partial charge in [-0.3, -0.25) is 4.79 Å². The number of hydrogen-bond donors (Lipinski definition) is 1. The van der Waals surface area contributed by atoms with Gasteiger partial charge in [0.15, 0.2) is 0 Å².